The minimum Gasteiger partial charge on any atom is -0.478 e. The number of hydrogen-bond acceptors (Lipinski definition) is 1. The molecule has 8 heteroatoms. The van der Waals surface area contributed by atoms with E-state index in [-0.39, 0.29) is 22.1 Å². The smallest absolute Gasteiger partial charge is 0.331 e. The Bertz CT molecular complexity index is 499. The summed E-state index contributed by atoms with van der Waals surface area (Å²) < 4.78 is -1.71. The van der Waals surface area contributed by atoms with Crippen LogP contribution in [0.5, 0.6) is 0 Å². The molecule has 1 saturated carbocycles. The van der Waals surface area contributed by atoms with Crippen molar-refractivity contribution in [2.24, 2.45) is 5.92 Å². The number of aliphatic carboxylic acids is 1. The summed E-state index contributed by atoms with van der Waals surface area (Å²) in [4.78, 5) is 8.05. The van der Waals surface area contributed by atoms with Gasteiger partial charge in [0.2, 0.25) is 0 Å². The van der Waals surface area contributed by atoms with Crippen LogP contribution in [0.2, 0.25) is 0 Å². The van der Waals surface area contributed by atoms with Crippen molar-refractivity contribution in [3.8, 4) is 0 Å². The zero-order valence-corrected chi connectivity index (χ0v) is 13.2. The molecule has 0 spiro atoms. The van der Waals surface area contributed by atoms with Crippen molar-refractivity contribution >= 4 is 75.6 Å². The summed E-state index contributed by atoms with van der Waals surface area (Å²) in [7, 11) is 0. The molecule has 18 heavy (non-hydrogen) atoms. The summed E-state index contributed by atoms with van der Waals surface area (Å²) in [6.07, 6.45) is 0.0608. The number of fused-ring (bicyclic) bond motifs is 2. The Morgan fingerprint density at radius 3 is 2.06 bits per heavy atom. The number of halogens is 6. The third-order valence-electron chi connectivity index (χ3n) is 3.48. The second-order valence-corrected chi connectivity index (χ2v) is 7.63. The zero-order chi connectivity index (χ0) is 14.1. The fourth-order valence-electron chi connectivity index (χ4n) is 2.42. The van der Waals surface area contributed by atoms with Crippen LogP contribution in [-0.2, 0) is 4.79 Å². The quantitative estimate of drug-likeness (QED) is 0.574. The Kier molecular flexibility index (Phi) is 3.43. The van der Waals surface area contributed by atoms with Crippen LogP contribution in [0.15, 0.2) is 22.2 Å². The van der Waals surface area contributed by atoms with Crippen molar-refractivity contribution in [1.29, 1.82) is 0 Å². The van der Waals surface area contributed by atoms with E-state index in [1.807, 2.05) is 0 Å². The van der Waals surface area contributed by atoms with Gasteiger partial charge in [0, 0.05) is 11.5 Å². The van der Waals surface area contributed by atoms with Crippen LogP contribution in [0.1, 0.15) is 6.42 Å². The molecule has 1 fully saturated rings. The number of rotatable bonds is 2. The number of carbonyl (C=O) groups is 1. The second-order valence-electron chi connectivity index (χ2n) is 4.30. The standard InChI is InChI=1S/C10H6Cl6O2/c1-3(7(17)18)4-2-8(13)5(11)6(12)9(4,14)10(8,15)16/h4H,1-2H2,(H,17,18). The summed E-state index contributed by atoms with van der Waals surface area (Å²) in [5.41, 5.74) is -0.152. The maximum absolute atomic E-state index is 11.0. The maximum atomic E-state index is 11.0. The van der Waals surface area contributed by atoms with Gasteiger partial charge in [-0.05, 0) is 6.42 Å². The molecule has 0 aromatic carbocycles. The van der Waals surface area contributed by atoms with E-state index in [4.69, 9.17) is 74.7 Å². The first-order valence-corrected chi connectivity index (χ1v) is 7.02. The normalized spacial score (nSPS) is 41.3. The van der Waals surface area contributed by atoms with Crippen molar-refractivity contribution in [1.82, 2.24) is 0 Å². The van der Waals surface area contributed by atoms with Crippen LogP contribution in [-0.4, -0.2) is 25.2 Å². The highest BCUT2D eigenvalue weighted by Gasteiger charge is 2.78. The molecule has 0 amide bonds. The van der Waals surface area contributed by atoms with E-state index in [0.29, 0.717) is 0 Å². The van der Waals surface area contributed by atoms with E-state index in [0.717, 1.165) is 0 Å². The van der Waals surface area contributed by atoms with Crippen molar-refractivity contribution in [2.75, 3.05) is 0 Å². The highest BCUT2D eigenvalue weighted by molar-refractivity contribution is 6.65. The van der Waals surface area contributed by atoms with Gasteiger partial charge in [0.1, 0.15) is 9.75 Å². The largest absolute Gasteiger partial charge is 0.478 e. The third-order valence-corrected chi connectivity index (χ3v) is 7.76. The fraction of sp³-hybridized carbons (Fsp3) is 0.500. The van der Waals surface area contributed by atoms with Crippen LogP contribution in [0.3, 0.4) is 0 Å². The molecule has 0 saturated heterocycles. The second kappa shape index (κ2) is 4.09. The Balaban J connectivity index is 2.63. The van der Waals surface area contributed by atoms with Gasteiger partial charge in [-0.2, -0.15) is 0 Å². The van der Waals surface area contributed by atoms with Gasteiger partial charge in [-0.3, -0.25) is 0 Å². The van der Waals surface area contributed by atoms with E-state index >= 15 is 0 Å². The average molecular weight is 371 g/mol. The first kappa shape index (κ1) is 15.1. The lowest BCUT2D eigenvalue weighted by Crippen LogP contribution is -2.44. The van der Waals surface area contributed by atoms with Gasteiger partial charge in [0.25, 0.3) is 0 Å². The SMILES string of the molecule is C=C(C(=O)O)C1CC2(Cl)C(Cl)=C(Cl)C1(Cl)C2(Cl)Cl. The van der Waals surface area contributed by atoms with E-state index in [2.05, 4.69) is 6.58 Å². The van der Waals surface area contributed by atoms with E-state index < -0.39 is 26.0 Å². The number of carboxylic acids is 1. The van der Waals surface area contributed by atoms with E-state index in [1.165, 1.54) is 0 Å². The van der Waals surface area contributed by atoms with Gasteiger partial charge in [-0.15, -0.1) is 23.2 Å². The molecule has 100 valence electrons. The zero-order valence-electron chi connectivity index (χ0n) is 8.61. The van der Waals surface area contributed by atoms with Gasteiger partial charge in [-0.25, -0.2) is 4.79 Å². The molecule has 0 aliphatic heterocycles. The van der Waals surface area contributed by atoms with Crippen LogP contribution in [0.4, 0.5) is 0 Å². The lowest BCUT2D eigenvalue weighted by molar-refractivity contribution is -0.133. The van der Waals surface area contributed by atoms with Gasteiger partial charge in [0.15, 0.2) is 4.33 Å². The van der Waals surface area contributed by atoms with Crippen LogP contribution in [0.25, 0.3) is 0 Å². The molecule has 3 atom stereocenters. The highest BCUT2D eigenvalue weighted by atomic mass is 35.5. The molecule has 2 aliphatic carbocycles. The Morgan fingerprint density at radius 1 is 1.22 bits per heavy atom. The lowest BCUT2D eigenvalue weighted by Gasteiger charge is -2.33. The molecule has 2 bridgehead atoms. The summed E-state index contributed by atoms with van der Waals surface area (Å²) in [6.45, 7) is 3.47. The van der Waals surface area contributed by atoms with E-state index in [9.17, 15) is 4.79 Å². The molecule has 0 radical (unpaired) electrons. The fourth-order valence-corrected chi connectivity index (χ4v) is 5.22. The summed E-state index contributed by atoms with van der Waals surface area (Å²) in [5.74, 6) is -2.00. The van der Waals surface area contributed by atoms with Crippen LogP contribution < -0.4 is 0 Å². The number of hydrogen-bond donors (Lipinski definition) is 1. The lowest BCUT2D eigenvalue weighted by atomic mass is 9.86. The molecule has 3 unspecified atom stereocenters. The van der Waals surface area contributed by atoms with Crippen molar-refractivity contribution in [2.45, 2.75) is 20.5 Å². The van der Waals surface area contributed by atoms with Gasteiger partial charge >= 0.3 is 5.97 Å². The molecule has 0 aromatic rings. The molecular formula is C10H6Cl6O2. The first-order chi connectivity index (χ1) is 8.01. The summed E-state index contributed by atoms with van der Waals surface area (Å²) in [6, 6.07) is 0. The average Bonchev–Trinajstić information content (AvgIpc) is 2.49. The summed E-state index contributed by atoms with van der Waals surface area (Å²) in [5, 5.41) is 9.04. The summed E-state index contributed by atoms with van der Waals surface area (Å²) >= 11 is 37.2. The van der Waals surface area contributed by atoms with Gasteiger partial charge in [0.05, 0.1) is 10.1 Å². The molecule has 1 N–H and O–H groups in total. The van der Waals surface area contributed by atoms with Crippen molar-refractivity contribution in [3.63, 3.8) is 0 Å². The number of alkyl halides is 4. The Hall–Kier alpha value is 0.690. The predicted octanol–water partition coefficient (Wildman–Crippen LogP) is 4.48. The third kappa shape index (κ3) is 1.43. The van der Waals surface area contributed by atoms with Crippen LogP contribution >= 0.6 is 69.6 Å². The van der Waals surface area contributed by atoms with Crippen molar-refractivity contribution in [3.05, 3.63) is 22.2 Å². The Labute approximate surface area is 133 Å². The monoisotopic (exact) mass is 368 g/mol. The van der Waals surface area contributed by atoms with Crippen molar-refractivity contribution < 1.29 is 9.90 Å². The maximum Gasteiger partial charge on any atom is 0.331 e. The van der Waals surface area contributed by atoms with Gasteiger partial charge < -0.3 is 5.11 Å². The predicted molar refractivity (Wildman–Crippen MR) is 75.2 cm³/mol. The Morgan fingerprint density at radius 2 is 1.72 bits per heavy atom. The first-order valence-electron chi connectivity index (χ1n) is 4.75. The molecule has 2 rings (SSSR count). The molecule has 0 heterocycles. The molecule has 2 aliphatic rings. The molecule has 2 nitrogen and oxygen atoms in total. The van der Waals surface area contributed by atoms with E-state index in [1.54, 1.807) is 0 Å². The molecule has 0 aromatic heterocycles. The van der Waals surface area contributed by atoms with Crippen LogP contribution in [0, 0.1) is 5.92 Å². The molecular weight excluding hydrogens is 365 g/mol. The minimum atomic E-state index is -1.71. The minimum absolute atomic E-state index is 0.0236. The number of allylic oxidation sites excluding steroid dienone is 2. The highest BCUT2D eigenvalue weighted by Crippen LogP contribution is 2.75. The van der Waals surface area contributed by atoms with Gasteiger partial charge in [-0.1, -0.05) is 53.0 Å². The number of carboxylic acid groups (broad SMARTS) is 1. The topological polar surface area (TPSA) is 37.3 Å².